The zero-order chi connectivity index (χ0) is 15.9. The number of rotatable bonds is 7. The van der Waals surface area contributed by atoms with Crippen LogP contribution in [0.1, 0.15) is 36.5 Å². The van der Waals surface area contributed by atoms with Crippen molar-refractivity contribution in [1.82, 2.24) is 4.90 Å². The summed E-state index contributed by atoms with van der Waals surface area (Å²) in [5.74, 6) is 1.91. The summed E-state index contributed by atoms with van der Waals surface area (Å²) in [6.07, 6.45) is 2.66. The van der Waals surface area contributed by atoms with Gasteiger partial charge in [0.1, 0.15) is 12.4 Å². The van der Waals surface area contributed by atoms with Gasteiger partial charge in [-0.3, -0.25) is 0 Å². The van der Waals surface area contributed by atoms with Crippen LogP contribution in [0.15, 0.2) is 12.1 Å². The standard InChI is InChI=1S/C19H31NO2/c1-15-5-7-20(8-6-15)9-10-21-11-12-22-19-17(3)13-16(2)14-18(19)4/h13-15H,5-12H2,1-4H3. The minimum absolute atomic E-state index is 0.627. The lowest BCUT2D eigenvalue weighted by molar-refractivity contribution is 0.0706. The first-order chi connectivity index (χ1) is 10.6. The van der Waals surface area contributed by atoms with Gasteiger partial charge in [-0.1, -0.05) is 24.6 Å². The van der Waals surface area contributed by atoms with Crippen LogP contribution in [0.5, 0.6) is 5.75 Å². The molecule has 0 spiro atoms. The molecule has 1 aliphatic heterocycles. The molecule has 1 aromatic rings. The summed E-state index contributed by atoms with van der Waals surface area (Å²) < 4.78 is 11.6. The Balaban J connectivity index is 1.60. The highest BCUT2D eigenvalue weighted by Gasteiger charge is 2.14. The van der Waals surface area contributed by atoms with Gasteiger partial charge in [-0.2, -0.15) is 0 Å². The molecule has 0 unspecified atom stereocenters. The second-order valence-electron chi connectivity index (χ2n) is 6.71. The maximum absolute atomic E-state index is 5.89. The molecule has 22 heavy (non-hydrogen) atoms. The summed E-state index contributed by atoms with van der Waals surface area (Å²) in [5.41, 5.74) is 3.70. The predicted octanol–water partition coefficient (Wildman–Crippen LogP) is 3.74. The molecule has 0 aliphatic carbocycles. The molecular weight excluding hydrogens is 274 g/mol. The molecular formula is C19H31NO2. The molecule has 124 valence electrons. The fourth-order valence-corrected chi connectivity index (χ4v) is 3.18. The Kier molecular flexibility index (Phi) is 6.71. The molecule has 0 saturated carbocycles. The normalized spacial score (nSPS) is 16.9. The molecule has 1 heterocycles. The summed E-state index contributed by atoms with van der Waals surface area (Å²) in [6, 6.07) is 4.33. The lowest BCUT2D eigenvalue weighted by atomic mass is 9.99. The Bertz CT molecular complexity index is 441. The van der Waals surface area contributed by atoms with Gasteiger partial charge >= 0.3 is 0 Å². The van der Waals surface area contributed by atoms with Gasteiger partial charge in [0, 0.05) is 6.54 Å². The first-order valence-corrected chi connectivity index (χ1v) is 8.57. The fourth-order valence-electron chi connectivity index (χ4n) is 3.18. The molecule has 1 fully saturated rings. The van der Waals surface area contributed by atoms with Crippen LogP contribution >= 0.6 is 0 Å². The number of piperidine rings is 1. The van der Waals surface area contributed by atoms with Crippen LogP contribution in [0.4, 0.5) is 0 Å². The van der Waals surface area contributed by atoms with E-state index >= 15 is 0 Å². The first-order valence-electron chi connectivity index (χ1n) is 8.57. The molecule has 0 radical (unpaired) electrons. The molecule has 0 amide bonds. The molecule has 0 bridgehead atoms. The number of hydrogen-bond acceptors (Lipinski definition) is 3. The van der Waals surface area contributed by atoms with Crippen molar-refractivity contribution in [3.8, 4) is 5.75 Å². The van der Waals surface area contributed by atoms with Crippen LogP contribution < -0.4 is 4.74 Å². The summed E-state index contributed by atoms with van der Waals surface area (Å²) in [4.78, 5) is 2.51. The first kappa shape index (κ1) is 17.3. The van der Waals surface area contributed by atoms with Crippen LogP contribution in [0.2, 0.25) is 0 Å². The Morgan fingerprint density at radius 2 is 1.64 bits per heavy atom. The smallest absolute Gasteiger partial charge is 0.125 e. The number of hydrogen-bond donors (Lipinski definition) is 0. The van der Waals surface area contributed by atoms with Gasteiger partial charge in [-0.05, 0) is 63.7 Å². The predicted molar refractivity (Wildman–Crippen MR) is 91.8 cm³/mol. The van der Waals surface area contributed by atoms with Gasteiger partial charge in [-0.25, -0.2) is 0 Å². The van der Waals surface area contributed by atoms with E-state index in [0.717, 1.165) is 24.8 Å². The summed E-state index contributed by atoms with van der Waals surface area (Å²) in [6.45, 7) is 14.3. The van der Waals surface area contributed by atoms with Crippen LogP contribution in [0.25, 0.3) is 0 Å². The van der Waals surface area contributed by atoms with Gasteiger partial charge < -0.3 is 14.4 Å². The van der Waals surface area contributed by atoms with E-state index in [-0.39, 0.29) is 0 Å². The summed E-state index contributed by atoms with van der Waals surface area (Å²) >= 11 is 0. The van der Waals surface area contributed by atoms with Crippen molar-refractivity contribution in [3.05, 3.63) is 28.8 Å². The molecule has 0 atom stereocenters. The minimum atomic E-state index is 0.627. The lowest BCUT2D eigenvalue weighted by Gasteiger charge is -2.29. The summed E-state index contributed by atoms with van der Waals surface area (Å²) in [5, 5.41) is 0. The second-order valence-corrected chi connectivity index (χ2v) is 6.71. The van der Waals surface area contributed by atoms with Crippen molar-refractivity contribution < 1.29 is 9.47 Å². The molecule has 2 rings (SSSR count). The van der Waals surface area contributed by atoms with Gasteiger partial charge in [0.15, 0.2) is 0 Å². The molecule has 3 heteroatoms. The molecule has 1 saturated heterocycles. The van der Waals surface area contributed by atoms with Crippen LogP contribution in [0, 0.1) is 26.7 Å². The Labute approximate surface area is 135 Å². The van der Waals surface area contributed by atoms with E-state index in [0.29, 0.717) is 13.2 Å². The Morgan fingerprint density at radius 3 is 2.27 bits per heavy atom. The third-order valence-electron chi connectivity index (χ3n) is 4.51. The van der Waals surface area contributed by atoms with Crippen LogP contribution in [-0.2, 0) is 4.74 Å². The van der Waals surface area contributed by atoms with E-state index in [1.54, 1.807) is 0 Å². The average molecular weight is 305 g/mol. The Morgan fingerprint density at radius 1 is 1.00 bits per heavy atom. The molecule has 1 aromatic carbocycles. The maximum atomic E-state index is 5.89. The topological polar surface area (TPSA) is 21.7 Å². The van der Waals surface area contributed by atoms with E-state index < -0.39 is 0 Å². The van der Waals surface area contributed by atoms with E-state index in [2.05, 4.69) is 44.7 Å². The Hall–Kier alpha value is -1.06. The van der Waals surface area contributed by atoms with E-state index in [1.807, 2.05) is 0 Å². The quantitative estimate of drug-likeness (QED) is 0.716. The van der Waals surface area contributed by atoms with Crippen molar-refractivity contribution in [2.75, 3.05) is 39.5 Å². The number of benzene rings is 1. The fraction of sp³-hybridized carbons (Fsp3) is 0.684. The highest BCUT2D eigenvalue weighted by atomic mass is 16.5. The number of aryl methyl sites for hydroxylation is 3. The van der Waals surface area contributed by atoms with Gasteiger partial charge in [0.25, 0.3) is 0 Å². The zero-order valence-corrected chi connectivity index (χ0v) is 14.7. The largest absolute Gasteiger partial charge is 0.491 e. The van der Waals surface area contributed by atoms with Crippen molar-refractivity contribution in [3.63, 3.8) is 0 Å². The highest BCUT2D eigenvalue weighted by Crippen LogP contribution is 2.24. The van der Waals surface area contributed by atoms with Crippen LogP contribution in [0.3, 0.4) is 0 Å². The third-order valence-corrected chi connectivity index (χ3v) is 4.51. The maximum Gasteiger partial charge on any atom is 0.125 e. The molecule has 0 aromatic heterocycles. The average Bonchev–Trinajstić information content (AvgIpc) is 2.46. The van der Waals surface area contributed by atoms with Gasteiger partial charge in [0.2, 0.25) is 0 Å². The van der Waals surface area contributed by atoms with Gasteiger partial charge in [0.05, 0.1) is 13.2 Å². The summed E-state index contributed by atoms with van der Waals surface area (Å²) in [7, 11) is 0. The second kappa shape index (κ2) is 8.54. The molecule has 1 aliphatic rings. The molecule has 0 N–H and O–H groups in total. The van der Waals surface area contributed by atoms with E-state index in [9.17, 15) is 0 Å². The van der Waals surface area contributed by atoms with Crippen LogP contribution in [-0.4, -0.2) is 44.4 Å². The highest BCUT2D eigenvalue weighted by molar-refractivity contribution is 5.42. The minimum Gasteiger partial charge on any atom is -0.491 e. The third kappa shape index (κ3) is 5.29. The number of nitrogens with zero attached hydrogens (tertiary/aromatic N) is 1. The lowest BCUT2D eigenvalue weighted by Crippen LogP contribution is -2.35. The molecule has 3 nitrogen and oxygen atoms in total. The van der Waals surface area contributed by atoms with Crippen molar-refractivity contribution >= 4 is 0 Å². The monoisotopic (exact) mass is 305 g/mol. The van der Waals surface area contributed by atoms with E-state index in [4.69, 9.17) is 9.47 Å². The number of likely N-dealkylation sites (tertiary alicyclic amines) is 1. The van der Waals surface area contributed by atoms with Crippen molar-refractivity contribution in [1.29, 1.82) is 0 Å². The SMILES string of the molecule is Cc1cc(C)c(OCCOCCN2CCC(C)CC2)c(C)c1. The number of ether oxygens (including phenoxy) is 2. The van der Waals surface area contributed by atoms with Crippen molar-refractivity contribution in [2.45, 2.75) is 40.5 Å². The zero-order valence-electron chi connectivity index (χ0n) is 14.7. The van der Waals surface area contributed by atoms with E-state index in [1.165, 1.54) is 42.6 Å². The van der Waals surface area contributed by atoms with Crippen molar-refractivity contribution in [2.24, 2.45) is 5.92 Å². The van der Waals surface area contributed by atoms with Gasteiger partial charge in [-0.15, -0.1) is 0 Å².